The Labute approximate surface area is 144 Å². The number of nitrogens with one attached hydrogen (secondary N) is 2. The maximum atomic E-state index is 12.1. The number of hydrogen-bond acceptors (Lipinski definition) is 5. The summed E-state index contributed by atoms with van der Waals surface area (Å²) in [5.41, 5.74) is 0.870. The molecule has 1 aromatic carbocycles. The first-order chi connectivity index (χ1) is 11.8. The third-order valence-electron chi connectivity index (χ3n) is 3.35. The summed E-state index contributed by atoms with van der Waals surface area (Å²) < 4.78 is 0. The van der Waals surface area contributed by atoms with Gasteiger partial charge >= 0.3 is 17.8 Å². The van der Waals surface area contributed by atoms with Crippen LogP contribution >= 0.6 is 0 Å². The number of carbonyl (C=O) groups excluding carboxylic acids is 5. The maximum absolute atomic E-state index is 12.1. The van der Waals surface area contributed by atoms with E-state index in [1.807, 2.05) is 0 Å². The molecule has 0 spiro atoms. The summed E-state index contributed by atoms with van der Waals surface area (Å²) >= 11 is 0. The van der Waals surface area contributed by atoms with Crippen molar-refractivity contribution in [2.24, 2.45) is 0 Å². The second-order valence-electron chi connectivity index (χ2n) is 5.44. The quantitative estimate of drug-likeness (QED) is 0.583. The Balaban J connectivity index is 2.03. The first-order valence-corrected chi connectivity index (χ1v) is 7.68. The van der Waals surface area contributed by atoms with E-state index in [9.17, 15) is 24.0 Å². The SMILES string of the molecule is CCCN1C(=O)C(=O)N(CC(=O)Nc2cccc(NC(C)=O)c2)C1=O. The molecule has 1 fully saturated rings. The third kappa shape index (κ3) is 4.19. The van der Waals surface area contributed by atoms with Crippen molar-refractivity contribution < 1.29 is 24.0 Å². The molecule has 0 bridgehead atoms. The number of nitrogens with zero attached hydrogens (tertiary/aromatic N) is 2. The van der Waals surface area contributed by atoms with Crippen molar-refractivity contribution in [1.29, 1.82) is 0 Å². The standard InChI is InChI=1S/C16H18N4O5/c1-3-7-19-14(23)15(24)20(16(19)25)9-13(22)18-12-6-4-5-11(8-12)17-10(2)21/h4-6,8H,3,7,9H2,1-2H3,(H,17,21)(H,18,22). The molecular weight excluding hydrogens is 328 g/mol. The van der Waals surface area contributed by atoms with E-state index >= 15 is 0 Å². The highest BCUT2D eigenvalue weighted by Crippen LogP contribution is 2.16. The van der Waals surface area contributed by atoms with Crippen LogP contribution in [0.5, 0.6) is 0 Å². The smallest absolute Gasteiger partial charge is 0.326 e. The van der Waals surface area contributed by atoms with E-state index in [-0.39, 0.29) is 12.5 Å². The molecule has 1 saturated heterocycles. The lowest BCUT2D eigenvalue weighted by Crippen LogP contribution is -2.39. The number of hydrogen-bond donors (Lipinski definition) is 2. The minimum atomic E-state index is -1.01. The van der Waals surface area contributed by atoms with Gasteiger partial charge in [0.1, 0.15) is 6.54 Å². The Morgan fingerprint density at radius 1 is 1.00 bits per heavy atom. The van der Waals surface area contributed by atoms with E-state index in [4.69, 9.17) is 0 Å². The molecule has 0 aliphatic carbocycles. The average molecular weight is 346 g/mol. The average Bonchev–Trinajstić information content (AvgIpc) is 2.73. The molecule has 9 nitrogen and oxygen atoms in total. The van der Waals surface area contributed by atoms with Crippen LogP contribution in [0.1, 0.15) is 20.3 Å². The van der Waals surface area contributed by atoms with Gasteiger partial charge in [-0.1, -0.05) is 13.0 Å². The normalized spacial score (nSPS) is 14.1. The fourth-order valence-corrected chi connectivity index (χ4v) is 2.33. The number of urea groups is 1. The van der Waals surface area contributed by atoms with Crippen LogP contribution in [-0.4, -0.2) is 52.5 Å². The summed E-state index contributed by atoms with van der Waals surface area (Å²) in [6.45, 7) is 2.69. The van der Waals surface area contributed by atoms with Crippen molar-refractivity contribution in [3.8, 4) is 0 Å². The number of amides is 6. The lowest BCUT2D eigenvalue weighted by Gasteiger charge is -2.15. The molecule has 0 unspecified atom stereocenters. The van der Waals surface area contributed by atoms with Crippen LogP contribution in [0.2, 0.25) is 0 Å². The number of carbonyl (C=O) groups is 5. The Morgan fingerprint density at radius 2 is 1.60 bits per heavy atom. The van der Waals surface area contributed by atoms with E-state index in [0.29, 0.717) is 22.7 Å². The lowest BCUT2D eigenvalue weighted by molar-refractivity contribution is -0.143. The molecule has 0 saturated carbocycles. The second-order valence-corrected chi connectivity index (χ2v) is 5.44. The van der Waals surface area contributed by atoms with Gasteiger partial charge in [0.15, 0.2) is 0 Å². The number of benzene rings is 1. The monoisotopic (exact) mass is 346 g/mol. The predicted octanol–water partition coefficient (Wildman–Crippen LogP) is 0.784. The van der Waals surface area contributed by atoms with Gasteiger partial charge in [-0.05, 0) is 24.6 Å². The molecule has 1 heterocycles. The van der Waals surface area contributed by atoms with Crippen LogP contribution in [0.15, 0.2) is 24.3 Å². The van der Waals surface area contributed by atoms with E-state index in [0.717, 1.165) is 4.90 Å². The first-order valence-electron chi connectivity index (χ1n) is 7.68. The summed E-state index contributed by atoms with van der Waals surface area (Å²) in [5, 5.41) is 5.09. The van der Waals surface area contributed by atoms with Crippen LogP contribution in [0.3, 0.4) is 0 Å². The predicted molar refractivity (Wildman–Crippen MR) is 88.5 cm³/mol. The highest BCUT2D eigenvalue weighted by molar-refractivity contribution is 6.45. The number of imide groups is 2. The summed E-state index contributed by atoms with van der Waals surface area (Å²) in [6, 6.07) is 5.59. The largest absolute Gasteiger partial charge is 0.334 e. The van der Waals surface area contributed by atoms with Gasteiger partial charge in [-0.25, -0.2) is 9.69 Å². The van der Waals surface area contributed by atoms with Gasteiger partial charge < -0.3 is 10.6 Å². The number of anilines is 2. The fourth-order valence-electron chi connectivity index (χ4n) is 2.33. The maximum Gasteiger partial charge on any atom is 0.334 e. The van der Waals surface area contributed by atoms with Gasteiger partial charge in [-0.15, -0.1) is 0 Å². The van der Waals surface area contributed by atoms with Crippen LogP contribution in [0, 0.1) is 0 Å². The molecule has 1 aliphatic heterocycles. The topological polar surface area (TPSA) is 116 Å². The Morgan fingerprint density at radius 3 is 2.20 bits per heavy atom. The Bertz CT molecular complexity index is 746. The van der Waals surface area contributed by atoms with Crippen LogP contribution in [-0.2, 0) is 19.2 Å². The van der Waals surface area contributed by atoms with E-state index in [2.05, 4.69) is 10.6 Å². The van der Waals surface area contributed by atoms with Gasteiger partial charge in [-0.3, -0.25) is 24.1 Å². The minimum Gasteiger partial charge on any atom is -0.326 e. The van der Waals surface area contributed by atoms with Crippen molar-refractivity contribution in [2.75, 3.05) is 23.7 Å². The van der Waals surface area contributed by atoms with Gasteiger partial charge in [0.05, 0.1) is 0 Å². The van der Waals surface area contributed by atoms with E-state index in [1.165, 1.54) is 13.0 Å². The van der Waals surface area contributed by atoms with Crippen molar-refractivity contribution in [3.63, 3.8) is 0 Å². The lowest BCUT2D eigenvalue weighted by atomic mass is 10.2. The molecule has 1 aliphatic rings. The molecule has 0 radical (unpaired) electrons. The zero-order chi connectivity index (χ0) is 18.6. The van der Waals surface area contributed by atoms with E-state index < -0.39 is 30.3 Å². The molecule has 0 atom stereocenters. The molecule has 1 aromatic rings. The highest BCUT2D eigenvalue weighted by Gasteiger charge is 2.44. The van der Waals surface area contributed by atoms with Gasteiger partial charge in [0.25, 0.3) is 0 Å². The summed E-state index contributed by atoms with van der Waals surface area (Å²) in [6.07, 6.45) is 0.515. The third-order valence-corrected chi connectivity index (χ3v) is 3.35. The minimum absolute atomic E-state index is 0.125. The molecule has 0 aromatic heterocycles. The van der Waals surface area contributed by atoms with Crippen LogP contribution in [0.25, 0.3) is 0 Å². The molecule has 2 N–H and O–H groups in total. The molecule has 2 rings (SSSR count). The molecule has 132 valence electrons. The van der Waals surface area contributed by atoms with E-state index in [1.54, 1.807) is 25.1 Å². The molecule has 6 amide bonds. The van der Waals surface area contributed by atoms with Crippen molar-refractivity contribution in [2.45, 2.75) is 20.3 Å². The summed E-state index contributed by atoms with van der Waals surface area (Å²) in [4.78, 5) is 60.2. The molecular formula is C16H18N4O5. The van der Waals surface area contributed by atoms with Crippen LogP contribution in [0.4, 0.5) is 16.2 Å². The zero-order valence-corrected chi connectivity index (χ0v) is 13.9. The van der Waals surface area contributed by atoms with Gasteiger partial charge in [0.2, 0.25) is 11.8 Å². The van der Waals surface area contributed by atoms with Crippen molar-refractivity contribution >= 4 is 41.0 Å². The van der Waals surface area contributed by atoms with Crippen molar-refractivity contribution in [3.05, 3.63) is 24.3 Å². The number of rotatable bonds is 6. The van der Waals surface area contributed by atoms with Crippen molar-refractivity contribution in [1.82, 2.24) is 9.80 Å². The van der Waals surface area contributed by atoms with Crippen LogP contribution < -0.4 is 10.6 Å². The Kier molecular flexibility index (Phi) is 5.48. The van der Waals surface area contributed by atoms with Gasteiger partial charge in [-0.2, -0.15) is 0 Å². The second kappa shape index (κ2) is 7.56. The van der Waals surface area contributed by atoms with Gasteiger partial charge in [0, 0.05) is 24.8 Å². The first kappa shape index (κ1) is 18.1. The highest BCUT2D eigenvalue weighted by atomic mass is 16.2. The summed E-state index contributed by atoms with van der Waals surface area (Å²) in [5.74, 6) is -2.83. The zero-order valence-electron chi connectivity index (χ0n) is 13.9. The fraction of sp³-hybridized carbons (Fsp3) is 0.312. The molecule has 25 heavy (non-hydrogen) atoms. The Hall–Kier alpha value is -3.23. The molecule has 9 heteroatoms. The summed E-state index contributed by atoms with van der Waals surface area (Å²) in [7, 11) is 0.